The second kappa shape index (κ2) is 11.4. The zero-order valence-electron chi connectivity index (χ0n) is 26.6. The zero-order valence-corrected chi connectivity index (χ0v) is 26.6. The molecule has 0 unspecified atom stereocenters. The van der Waals surface area contributed by atoms with Gasteiger partial charge in [0, 0.05) is 33.0 Å². The van der Waals surface area contributed by atoms with Crippen molar-refractivity contribution in [1.29, 1.82) is 0 Å². The summed E-state index contributed by atoms with van der Waals surface area (Å²) in [5, 5.41) is 3.65. The molecular formula is C44H26N4O2. The molecule has 234 valence electrons. The number of benzene rings is 6. The van der Waals surface area contributed by atoms with E-state index in [1.807, 2.05) is 103 Å². The molecule has 0 saturated heterocycles. The highest BCUT2D eigenvalue weighted by molar-refractivity contribution is 6.13. The van der Waals surface area contributed by atoms with Crippen LogP contribution < -0.4 is 0 Å². The number of aromatic nitrogens is 4. The largest absolute Gasteiger partial charge is 0.438 e. The van der Waals surface area contributed by atoms with Crippen LogP contribution in [0.1, 0.15) is 0 Å². The summed E-state index contributed by atoms with van der Waals surface area (Å²) in [6, 6.07) is 53.1. The van der Waals surface area contributed by atoms with Crippen LogP contribution in [-0.2, 0) is 0 Å². The highest BCUT2D eigenvalue weighted by atomic mass is 16.3. The number of fused-ring (bicyclic) bond motifs is 6. The van der Waals surface area contributed by atoms with Crippen LogP contribution in [0.3, 0.4) is 0 Å². The summed E-state index contributed by atoms with van der Waals surface area (Å²) in [5.74, 6) is 1.19. The van der Waals surface area contributed by atoms with Crippen LogP contribution in [0, 0.1) is 0 Å². The number of nitrogens with zero attached hydrogens (tertiary/aromatic N) is 4. The molecule has 0 aliphatic rings. The van der Waals surface area contributed by atoms with Crippen LogP contribution in [-0.4, -0.2) is 19.9 Å². The van der Waals surface area contributed by atoms with Crippen molar-refractivity contribution in [3.05, 3.63) is 158 Å². The molecule has 0 saturated carbocycles. The Morgan fingerprint density at radius 3 is 1.16 bits per heavy atom. The molecule has 6 heteroatoms. The molecule has 10 rings (SSSR count). The molecule has 0 radical (unpaired) electrons. The molecule has 10 aromatic rings. The van der Waals surface area contributed by atoms with Crippen molar-refractivity contribution in [2.75, 3.05) is 0 Å². The first-order valence-electron chi connectivity index (χ1n) is 16.5. The van der Waals surface area contributed by atoms with Gasteiger partial charge in [0.05, 0.1) is 22.2 Å². The Labute approximate surface area is 286 Å². The lowest BCUT2D eigenvalue weighted by atomic mass is 9.94. The van der Waals surface area contributed by atoms with E-state index in [1.54, 1.807) is 0 Å². The van der Waals surface area contributed by atoms with E-state index in [0.29, 0.717) is 23.1 Å². The van der Waals surface area contributed by atoms with Gasteiger partial charge in [0.2, 0.25) is 11.4 Å². The average Bonchev–Trinajstić information content (AvgIpc) is 3.76. The van der Waals surface area contributed by atoms with E-state index in [2.05, 4.69) is 54.6 Å². The van der Waals surface area contributed by atoms with Crippen LogP contribution in [0.5, 0.6) is 0 Å². The first-order chi connectivity index (χ1) is 24.8. The van der Waals surface area contributed by atoms with Crippen LogP contribution >= 0.6 is 0 Å². The van der Waals surface area contributed by atoms with Gasteiger partial charge in [0.1, 0.15) is 11.2 Å². The normalized spacial score (nSPS) is 11.6. The Hall–Kier alpha value is -6.92. The third kappa shape index (κ3) is 4.65. The Balaban J connectivity index is 1.31. The van der Waals surface area contributed by atoms with Crippen molar-refractivity contribution in [2.24, 2.45) is 0 Å². The summed E-state index contributed by atoms with van der Waals surface area (Å²) in [6.45, 7) is 0. The first-order valence-corrected chi connectivity index (χ1v) is 16.5. The lowest BCUT2D eigenvalue weighted by Gasteiger charge is -2.13. The van der Waals surface area contributed by atoms with E-state index in [1.165, 1.54) is 0 Å². The summed E-state index contributed by atoms with van der Waals surface area (Å²) in [7, 11) is 0. The maximum absolute atomic E-state index is 6.38. The molecule has 50 heavy (non-hydrogen) atoms. The molecular weight excluding hydrogens is 617 g/mol. The minimum absolute atomic E-state index is 0.540. The third-order valence-electron chi connectivity index (χ3n) is 9.13. The van der Waals surface area contributed by atoms with E-state index in [-0.39, 0.29) is 0 Å². The van der Waals surface area contributed by atoms with Gasteiger partial charge >= 0.3 is 0 Å². The monoisotopic (exact) mass is 642 g/mol. The highest BCUT2D eigenvalue weighted by Crippen LogP contribution is 2.42. The van der Waals surface area contributed by atoms with Gasteiger partial charge in [-0.05, 0) is 41.5 Å². The fourth-order valence-corrected chi connectivity index (χ4v) is 6.79. The van der Waals surface area contributed by atoms with Crippen LogP contribution in [0.15, 0.2) is 167 Å². The fourth-order valence-electron chi connectivity index (χ4n) is 6.79. The van der Waals surface area contributed by atoms with Gasteiger partial charge in [-0.1, -0.05) is 127 Å². The summed E-state index contributed by atoms with van der Waals surface area (Å²) >= 11 is 0. The first kappa shape index (κ1) is 28.1. The van der Waals surface area contributed by atoms with Crippen molar-refractivity contribution in [3.8, 4) is 56.4 Å². The average molecular weight is 643 g/mol. The summed E-state index contributed by atoms with van der Waals surface area (Å²) in [6.07, 6.45) is 0. The summed E-state index contributed by atoms with van der Waals surface area (Å²) in [4.78, 5) is 20.4. The molecule has 0 spiro atoms. The van der Waals surface area contributed by atoms with Crippen LogP contribution in [0.25, 0.3) is 101 Å². The lowest BCUT2D eigenvalue weighted by molar-refractivity contribution is 0.653. The van der Waals surface area contributed by atoms with Gasteiger partial charge in [-0.2, -0.15) is 9.97 Å². The number of rotatable bonds is 5. The van der Waals surface area contributed by atoms with Gasteiger partial charge in [0.15, 0.2) is 11.6 Å². The van der Waals surface area contributed by atoms with Gasteiger partial charge < -0.3 is 8.83 Å². The maximum atomic E-state index is 6.38. The predicted octanol–water partition coefficient (Wildman–Crippen LogP) is 11.4. The second-order valence-corrected chi connectivity index (χ2v) is 12.2. The molecule has 4 aromatic heterocycles. The standard InChI is InChI=1S/C44H26N4O2/c1-4-14-27(15-5-1)30-24-31(39-37-33-20-10-12-22-35(33)49-43(37)47-41(45-39)28-16-6-2-7-17-28)26-32(25-30)40-38-34-21-11-13-23-36(34)50-44(38)48-42(46-40)29-18-8-3-9-19-29/h1-26H. The van der Waals surface area contributed by atoms with Gasteiger partial charge in [-0.15, -0.1) is 0 Å². The van der Waals surface area contributed by atoms with Crippen molar-refractivity contribution >= 4 is 44.1 Å². The lowest BCUT2D eigenvalue weighted by Crippen LogP contribution is -1.97. The van der Waals surface area contributed by atoms with E-state index < -0.39 is 0 Å². The number of furan rings is 2. The van der Waals surface area contributed by atoms with Gasteiger partial charge in [-0.3, -0.25) is 0 Å². The van der Waals surface area contributed by atoms with E-state index in [4.69, 9.17) is 28.8 Å². The fraction of sp³-hybridized carbons (Fsp3) is 0. The Kier molecular flexibility index (Phi) is 6.39. The maximum Gasteiger partial charge on any atom is 0.231 e. The highest BCUT2D eigenvalue weighted by Gasteiger charge is 2.22. The van der Waals surface area contributed by atoms with E-state index >= 15 is 0 Å². The molecule has 0 N–H and O–H groups in total. The van der Waals surface area contributed by atoms with Crippen molar-refractivity contribution in [1.82, 2.24) is 19.9 Å². The minimum Gasteiger partial charge on any atom is -0.438 e. The molecule has 0 aliphatic heterocycles. The zero-order chi connectivity index (χ0) is 33.0. The van der Waals surface area contributed by atoms with Gasteiger partial charge in [0.25, 0.3) is 0 Å². The molecule has 0 bridgehead atoms. The Morgan fingerprint density at radius 1 is 0.320 bits per heavy atom. The quantitative estimate of drug-likeness (QED) is 0.186. The smallest absolute Gasteiger partial charge is 0.231 e. The van der Waals surface area contributed by atoms with Crippen molar-refractivity contribution in [2.45, 2.75) is 0 Å². The molecule has 4 heterocycles. The Bertz CT molecular complexity index is 2690. The molecule has 6 nitrogen and oxygen atoms in total. The number of hydrogen-bond donors (Lipinski definition) is 0. The molecule has 0 amide bonds. The van der Waals surface area contributed by atoms with Gasteiger partial charge in [-0.25, -0.2) is 9.97 Å². The molecule has 0 fully saturated rings. The van der Waals surface area contributed by atoms with Crippen LogP contribution in [0.4, 0.5) is 0 Å². The predicted molar refractivity (Wildman–Crippen MR) is 199 cm³/mol. The molecule has 6 aromatic carbocycles. The summed E-state index contributed by atoms with van der Waals surface area (Å²) in [5.41, 5.74) is 9.91. The summed E-state index contributed by atoms with van der Waals surface area (Å²) < 4.78 is 12.8. The SMILES string of the molecule is c1ccc(-c2cc(-c3nc(-c4ccccc4)nc4oc5ccccc5c34)cc(-c3nc(-c4ccccc4)nc4oc5ccccc5c34)c2)cc1. The minimum atomic E-state index is 0.540. The number of hydrogen-bond acceptors (Lipinski definition) is 6. The molecule has 0 aliphatic carbocycles. The number of para-hydroxylation sites is 2. The molecule has 0 atom stereocenters. The van der Waals surface area contributed by atoms with Crippen LogP contribution in [0.2, 0.25) is 0 Å². The van der Waals surface area contributed by atoms with E-state index in [9.17, 15) is 0 Å². The van der Waals surface area contributed by atoms with E-state index in [0.717, 1.165) is 77.5 Å². The third-order valence-corrected chi connectivity index (χ3v) is 9.13. The van der Waals surface area contributed by atoms with Crippen molar-refractivity contribution < 1.29 is 8.83 Å². The topological polar surface area (TPSA) is 77.8 Å². The Morgan fingerprint density at radius 2 is 0.700 bits per heavy atom. The second-order valence-electron chi connectivity index (χ2n) is 12.2. The van der Waals surface area contributed by atoms with Crippen molar-refractivity contribution in [3.63, 3.8) is 0 Å².